The smallest absolute Gasteiger partial charge is 0.172 e. The van der Waals surface area contributed by atoms with E-state index >= 15 is 0 Å². The fourth-order valence-corrected chi connectivity index (χ4v) is 3.17. The van der Waals surface area contributed by atoms with Gasteiger partial charge in [-0.25, -0.2) is 0 Å². The van der Waals surface area contributed by atoms with Crippen molar-refractivity contribution in [1.29, 1.82) is 0 Å². The molecule has 0 amide bonds. The third kappa shape index (κ3) is 1.93. The van der Waals surface area contributed by atoms with E-state index in [4.69, 9.17) is 0 Å². The van der Waals surface area contributed by atoms with Gasteiger partial charge in [0.25, 0.3) is 0 Å². The van der Waals surface area contributed by atoms with Crippen molar-refractivity contribution in [2.24, 2.45) is 0 Å². The van der Waals surface area contributed by atoms with Gasteiger partial charge in [0.15, 0.2) is 5.78 Å². The summed E-state index contributed by atoms with van der Waals surface area (Å²) in [5.74, 6) is 0.0399. The molecule has 3 nitrogen and oxygen atoms in total. The summed E-state index contributed by atoms with van der Waals surface area (Å²) in [7, 11) is 0. The van der Waals surface area contributed by atoms with Crippen molar-refractivity contribution in [3.05, 3.63) is 71.7 Å². The highest BCUT2D eigenvalue weighted by molar-refractivity contribution is 6.10. The third-order valence-corrected chi connectivity index (χ3v) is 4.19. The van der Waals surface area contributed by atoms with Gasteiger partial charge in [0, 0.05) is 23.3 Å². The molecule has 1 unspecified atom stereocenters. The minimum atomic E-state index is -0.119. The van der Waals surface area contributed by atoms with E-state index in [1.807, 2.05) is 36.4 Å². The van der Waals surface area contributed by atoms with Gasteiger partial charge in [-0.3, -0.25) is 14.8 Å². The predicted molar refractivity (Wildman–Crippen MR) is 81.4 cm³/mol. The number of pyridine rings is 2. The van der Waals surface area contributed by atoms with Gasteiger partial charge in [0.1, 0.15) is 0 Å². The summed E-state index contributed by atoms with van der Waals surface area (Å²) in [6.45, 7) is 0. The van der Waals surface area contributed by atoms with Crippen LogP contribution in [0.4, 0.5) is 0 Å². The number of hydrogen-bond donors (Lipinski definition) is 0. The Kier molecular flexibility index (Phi) is 2.78. The van der Waals surface area contributed by atoms with Crippen LogP contribution >= 0.6 is 0 Å². The average Bonchev–Trinajstić information content (AvgIpc) is 2.98. The van der Waals surface area contributed by atoms with Crippen LogP contribution in [0, 0.1) is 0 Å². The fraction of sp³-hybridized carbons (Fsp3) is 0.167. The summed E-state index contributed by atoms with van der Waals surface area (Å²) in [5.41, 5.74) is 3.77. The zero-order valence-electron chi connectivity index (χ0n) is 11.5. The third-order valence-electron chi connectivity index (χ3n) is 4.19. The van der Waals surface area contributed by atoms with Gasteiger partial charge >= 0.3 is 0 Å². The standard InChI is InChI=1S/C18H14N2O/c21-18(15-9-8-12-4-2-11-20-17(12)15)14-5-1-7-16-13(14)6-3-10-19-16/h1-7,10-11,15H,8-9H2. The van der Waals surface area contributed by atoms with Crippen LogP contribution in [0.2, 0.25) is 0 Å². The van der Waals surface area contributed by atoms with E-state index in [0.717, 1.165) is 35.0 Å². The lowest BCUT2D eigenvalue weighted by molar-refractivity contribution is 0.0960. The molecule has 0 N–H and O–H groups in total. The van der Waals surface area contributed by atoms with Crippen molar-refractivity contribution in [2.45, 2.75) is 18.8 Å². The summed E-state index contributed by atoms with van der Waals surface area (Å²) in [5, 5.41) is 0.925. The molecule has 0 fully saturated rings. The Morgan fingerprint density at radius 3 is 2.81 bits per heavy atom. The van der Waals surface area contributed by atoms with E-state index in [1.54, 1.807) is 12.4 Å². The Hall–Kier alpha value is -2.55. The summed E-state index contributed by atoms with van der Waals surface area (Å²) in [4.78, 5) is 21.7. The first-order valence-electron chi connectivity index (χ1n) is 7.16. The number of benzene rings is 1. The highest BCUT2D eigenvalue weighted by Gasteiger charge is 2.31. The molecule has 0 radical (unpaired) electrons. The van der Waals surface area contributed by atoms with Crippen molar-refractivity contribution in [2.75, 3.05) is 0 Å². The minimum Gasteiger partial charge on any atom is -0.293 e. The number of ketones is 1. The van der Waals surface area contributed by atoms with Crippen LogP contribution in [0.5, 0.6) is 0 Å². The van der Waals surface area contributed by atoms with E-state index in [-0.39, 0.29) is 11.7 Å². The number of Topliss-reactive ketones (excluding diaryl/α,β-unsaturated/α-hetero) is 1. The molecule has 0 saturated carbocycles. The lowest BCUT2D eigenvalue weighted by atomic mass is 9.93. The Morgan fingerprint density at radius 2 is 1.86 bits per heavy atom. The first-order chi connectivity index (χ1) is 10.3. The number of fused-ring (bicyclic) bond motifs is 2. The lowest BCUT2D eigenvalue weighted by Crippen LogP contribution is -2.12. The van der Waals surface area contributed by atoms with Crippen LogP contribution in [0.15, 0.2) is 54.9 Å². The molecule has 2 heterocycles. The van der Waals surface area contributed by atoms with E-state index in [2.05, 4.69) is 16.0 Å². The zero-order valence-corrected chi connectivity index (χ0v) is 11.5. The number of rotatable bonds is 2. The van der Waals surface area contributed by atoms with Gasteiger partial charge in [-0.1, -0.05) is 24.3 Å². The Bertz CT molecular complexity index is 836. The van der Waals surface area contributed by atoms with Gasteiger partial charge in [-0.2, -0.15) is 0 Å². The van der Waals surface area contributed by atoms with Crippen LogP contribution < -0.4 is 0 Å². The normalized spacial score (nSPS) is 16.9. The van der Waals surface area contributed by atoms with Gasteiger partial charge in [-0.15, -0.1) is 0 Å². The van der Waals surface area contributed by atoms with Crippen LogP contribution in [0.1, 0.15) is 34.0 Å². The van der Waals surface area contributed by atoms with Crippen molar-refractivity contribution in [3.63, 3.8) is 0 Å². The molecule has 0 spiro atoms. The Morgan fingerprint density at radius 1 is 1.00 bits per heavy atom. The Balaban J connectivity index is 1.82. The molecule has 1 aliphatic carbocycles. The van der Waals surface area contributed by atoms with Crippen LogP contribution in [-0.4, -0.2) is 15.8 Å². The molecule has 3 heteroatoms. The lowest BCUT2D eigenvalue weighted by Gasteiger charge is -2.11. The van der Waals surface area contributed by atoms with Gasteiger partial charge in [0.05, 0.1) is 17.1 Å². The first-order valence-corrected chi connectivity index (χ1v) is 7.16. The second-order valence-corrected chi connectivity index (χ2v) is 5.38. The number of carbonyl (C=O) groups is 1. The number of hydrogen-bond acceptors (Lipinski definition) is 3. The summed E-state index contributed by atoms with van der Waals surface area (Å²) >= 11 is 0. The highest BCUT2D eigenvalue weighted by atomic mass is 16.1. The number of aryl methyl sites for hydroxylation is 1. The molecule has 21 heavy (non-hydrogen) atoms. The van der Waals surface area contributed by atoms with Crippen molar-refractivity contribution in [3.8, 4) is 0 Å². The monoisotopic (exact) mass is 274 g/mol. The summed E-state index contributed by atoms with van der Waals surface area (Å²) < 4.78 is 0. The predicted octanol–water partition coefficient (Wildman–Crippen LogP) is 3.54. The maximum Gasteiger partial charge on any atom is 0.172 e. The van der Waals surface area contributed by atoms with Crippen molar-refractivity contribution >= 4 is 16.7 Å². The van der Waals surface area contributed by atoms with E-state index in [1.165, 1.54) is 5.56 Å². The molecular weight excluding hydrogens is 260 g/mol. The summed E-state index contributed by atoms with van der Waals surface area (Å²) in [6, 6.07) is 13.6. The second kappa shape index (κ2) is 4.77. The maximum atomic E-state index is 13.0. The van der Waals surface area contributed by atoms with Gasteiger partial charge in [0.2, 0.25) is 0 Å². The van der Waals surface area contributed by atoms with Crippen molar-refractivity contribution in [1.82, 2.24) is 9.97 Å². The highest BCUT2D eigenvalue weighted by Crippen LogP contribution is 2.35. The van der Waals surface area contributed by atoms with Gasteiger partial charge < -0.3 is 0 Å². The molecule has 102 valence electrons. The molecule has 3 aromatic rings. The van der Waals surface area contributed by atoms with Gasteiger partial charge in [-0.05, 0) is 36.6 Å². The topological polar surface area (TPSA) is 42.9 Å². The molecule has 2 aromatic heterocycles. The minimum absolute atomic E-state index is 0.119. The molecule has 4 rings (SSSR count). The second-order valence-electron chi connectivity index (χ2n) is 5.38. The summed E-state index contributed by atoms with van der Waals surface area (Å²) in [6.07, 6.45) is 5.31. The molecular formula is C18H14N2O. The average molecular weight is 274 g/mol. The van der Waals surface area contributed by atoms with E-state index in [0.29, 0.717) is 0 Å². The van der Waals surface area contributed by atoms with Crippen LogP contribution in [0.25, 0.3) is 10.9 Å². The number of aromatic nitrogens is 2. The first kappa shape index (κ1) is 12.2. The molecule has 0 saturated heterocycles. The maximum absolute atomic E-state index is 13.0. The molecule has 1 aromatic carbocycles. The Labute approximate surface area is 122 Å². The van der Waals surface area contributed by atoms with E-state index in [9.17, 15) is 4.79 Å². The molecule has 0 bridgehead atoms. The number of nitrogens with zero attached hydrogens (tertiary/aromatic N) is 2. The fourth-order valence-electron chi connectivity index (χ4n) is 3.17. The van der Waals surface area contributed by atoms with E-state index < -0.39 is 0 Å². The van der Waals surface area contributed by atoms with Crippen LogP contribution in [0.3, 0.4) is 0 Å². The van der Waals surface area contributed by atoms with Crippen molar-refractivity contribution < 1.29 is 4.79 Å². The molecule has 0 aliphatic heterocycles. The molecule has 1 aliphatic rings. The van der Waals surface area contributed by atoms with Crippen LogP contribution in [-0.2, 0) is 6.42 Å². The SMILES string of the molecule is O=C(c1cccc2ncccc12)C1CCc2cccnc21. The zero-order chi connectivity index (χ0) is 14.2. The largest absolute Gasteiger partial charge is 0.293 e. The molecule has 1 atom stereocenters. The number of carbonyl (C=O) groups excluding carboxylic acids is 1. The quantitative estimate of drug-likeness (QED) is 0.671.